The van der Waals surface area contributed by atoms with Crippen molar-refractivity contribution in [2.45, 2.75) is 16.7 Å². The number of nitrogens with zero attached hydrogens (tertiary/aromatic N) is 1. The van der Waals surface area contributed by atoms with Crippen LogP contribution >= 0.6 is 23.4 Å². The second-order valence-electron chi connectivity index (χ2n) is 3.39. The number of hydrogen-bond donors (Lipinski definition) is 1. The van der Waals surface area contributed by atoms with E-state index in [0.29, 0.717) is 17.3 Å². The Morgan fingerprint density at radius 1 is 1.44 bits per heavy atom. The minimum atomic E-state index is -0.397. The van der Waals surface area contributed by atoms with Crippen molar-refractivity contribution in [2.24, 2.45) is 0 Å². The van der Waals surface area contributed by atoms with Crippen molar-refractivity contribution in [3.63, 3.8) is 0 Å². The standard InChI is InChI=1S/C12H11ClN2O2S/c1-2-17-12(16)11-10(7-14-15-11)18-9-5-3-8(13)4-6-9/h3-7H,2H2,1H3,(H,14,15). The molecule has 0 saturated carbocycles. The molecule has 0 atom stereocenters. The largest absolute Gasteiger partial charge is 0.461 e. The van der Waals surface area contributed by atoms with Crippen LogP contribution in [0.25, 0.3) is 0 Å². The molecule has 0 aliphatic rings. The van der Waals surface area contributed by atoms with Gasteiger partial charge in [-0.15, -0.1) is 0 Å². The summed E-state index contributed by atoms with van der Waals surface area (Å²) in [6, 6.07) is 7.37. The van der Waals surface area contributed by atoms with Crippen LogP contribution in [0.5, 0.6) is 0 Å². The average Bonchev–Trinajstić information content (AvgIpc) is 2.81. The van der Waals surface area contributed by atoms with E-state index in [9.17, 15) is 4.79 Å². The highest BCUT2D eigenvalue weighted by Gasteiger charge is 2.15. The third kappa shape index (κ3) is 3.05. The Bertz CT molecular complexity index is 539. The van der Waals surface area contributed by atoms with Crippen molar-refractivity contribution in [1.29, 1.82) is 0 Å². The Hall–Kier alpha value is -1.46. The summed E-state index contributed by atoms with van der Waals surface area (Å²) in [5, 5.41) is 7.19. The summed E-state index contributed by atoms with van der Waals surface area (Å²) >= 11 is 7.25. The highest BCUT2D eigenvalue weighted by Crippen LogP contribution is 2.30. The molecule has 2 rings (SSSR count). The van der Waals surface area contributed by atoms with Crippen LogP contribution in [0.4, 0.5) is 0 Å². The normalized spacial score (nSPS) is 10.3. The first kappa shape index (κ1) is 13.0. The fourth-order valence-corrected chi connectivity index (χ4v) is 2.32. The molecular weight excluding hydrogens is 272 g/mol. The fourth-order valence-electron chi connectivity index (χ4n) is 1.33. The molecule has 0 spiro atoms. The highest BCUT2D eigenvalue weighted by molar-refractivity contribution is 7.99. The number of carbonyl (C=O) groups excluding carboxylic acids is 1. The minimum absolute atomic E-state index is 0.336. The minimum Gasteiger partial charge on any atom is -0.461 e. The predicted octanol–water partition coefficient (Wildman–Crippen LogP) is 3.39. The first-order valence-electron chi connectivity index (χ1n) is 5.34. The van der Waals surface area contributed by atoms with E-state index in [2.05, 4.69) is 10.2 Å². The van der Waals surface area contributed by atoms with E-state index in [4.69, 9.17) is 16.3 Å². The van der Waals surface area contributed by atoms with Crippen molar-refractivity contribution in [1.82, 2.24) is 10.2 Å². The van der Waals surface area contributed by atoms with Crippen LogP contribution in [0.1, 0.15) is 17.4 Å². The molecule has 94 valence electrons. The van der Waals surface area contributed by atoms with E-state index in [1.165, 1.54) is 11.8 Å². The molecule has 0 saturated heterocycles. The Kier molecular flexibility index (Phi) is 4.28. The molecule has 4 nitrogen and oxygen atoms in total. The molecule has 2 aromatic rings. The zero-order valence-corrected chi connectivity index (χ0v) is 11.2. The predicted molar refractivity (Wildman–Crippen MR) is 70.1 cm³/mol. The summed E-state index contributed by atoms with van der Waals surface area (Å²) in [5.41, 5.74) is 0.372. The molecule has 0 aliphatic carbocycles. The fraction of sp³-hybridized carbons (Fsp3) is 0.167. The molecule has 6 heteroatoms. The number of rotatable bonds is 4. The van der Waals surface area contributed by atoms with E-state index >= 15 is 0 Å². The summed E-state index contributed by atoms with van der Waals surface area (Å²) in [6.07, 6.45) is 1.60. The number of benzene rings is 1. The molecule has 0 fully saturated rings. The first-order valence-corrected chi connectivity index (χ1v) is 6.54. The quantitative estimate of drug-likeness (QED) is 0.874. The van der Waals surface area contributed by atoms with Gasteiger partial charge in [-0.1, -0.05) is 23.4 Å². The van der Waals surface area contributed by atoms with Gasteiger partial charge in [0, 0.05) is 9.92 Å². The maximum Gasteiger partial charge on any atom is 0.357 e. The van der Waals surface area contributed by atoms with Gasteiger partial charge in [-0.3, -0.25) is 5.10 Å². The zero-order chi connectivity index (χ0) is 13.0. The van der Waals surface area contributed by atoms with Crippen LogP contribution in [0, 0.1) is 0 Å². The second-order valence-corrected chi connectivity index (χ2v) is 4.94. The third-order valence-corrected chi connectivity index (χ3v) is 3.41. The maximum atomic E-state index is 11.6. The van der Waals surface area contributed by atoms with Gasteiger partial charge in [0.2, 0.25) is 0 Å². The van der Waals surface area contributed by atoms with Gasteiger partial charge in [0.25, 0.3) is 0 Å². The van der Waals surface area contributed by atoms with Crippen molar-refractivity contribution < 1.29 is 9.53 Å². The van der Waals surface area contributed by atoms with Crippen molar-refractivity contribution in [2.75, 3.05) is 6.61 Å². The molecule has 1 heterocycles. The van der Waals surface area contributed by atoms with E-state index < -0.39 is 5.97 Å². The van der Waals surface area contributed by atoms with Crippen molar-refractivity contribution >= 4 is 29.3 Å². The number of ether oxygens (including phenoxy) is 1. The molecule has 18 heavy (non-hydrogen) atoms. The summed E-state index contributed by atoms with van der Waals surface area (Å²) in [6.45, 7) is 2.10. The van der Waals surface area contributed by atoms with E-state index in [1.807, 2.05) is 12.1 Å². The Balaban J connectivity index is 2.17. The lowest BCUT2D eigenvalue weighted by molar-refractivity contribution is 0.0515. The Morgan fingerprint density at radius 2 is 2.17 bits per heavy atom. The number of aromatic amines is 1. The second kappa shape index (κ2) is 5.93. The lowest BCUT2D eigenvalue weighted by Crippen LogP contribution is -2.06. The topological polar surface area (TPSA) is 55.0 Å². The summed E-state index contributed by atoms with van der Waals surface area (Å²) < 4.78 is 4.94. The van der Waals surface area contributed by atoms with Crippen LogP contribution in [0.15, 0.2) is 40.3 Å². The maximum absolute atomic E-state index is 11.6. The number of esters is 1. The van der Waals surface area contributed by atoms with Gasteiger partial charge >= 0.3 is 5.97 Å². The molecule has 1 N–H and O–H groups in total. The van der Waals surface area contributed by atoms with Crippen LogP contribution < -0.4 is 0 Å². The molecule has 0 radical (unpaired) electrons. The van der Waals surface area contributed by atoms with Crippen LogP contribution in [-0.2, 0) is 4.74 Å². The van der Waals surface area contributed by atoms with Gasteiger partial charge < -0.3 is 4.74 Å². The summed E-state index contributed by atoms with van der Waals surface area (Å²) in [5.74, 6) is -0.397. The van der Waals surface area contributed by atoms with Gasteiger partial charge in [0.15, 0.2) is 5.69 Å². The van der Waals surface area contributed by atoms with Crippen LogP contribution in [-0.4, -0.2) is 22.8 Å². The van der Waals surface area contributed by atoms with Gasteiger partial charge in [-0.05, 0) is 31.2 Å². The lowest BCUT2D eigenvalue weighted by atomic mass is 10.4. The van der Waals surface area contributed by atoms with Gasteiger partial charge in [0.1, 0.15) is 0 Å². The average molecular weight is 283 g/mol. The van der Waals surface area contributed by atoms with Gasteiger partial charge in [0.05, 0.1) is 17.7 Å². The van der Waals surface area contributed by atoms with Crippen molar-refractivity contribution in [3.8, 4) is 0 Å². The summed E-state index contributed by atoms with van der Waals surface area (Å²) in [4.78, 5) is 13.4. The number of carbonyl (C=O) groups is 1. The molecular formula is C12H11ClN2O2S. The SMILES string of the molecule is CCOC(=O)c1[nH]ncc1Sc1ccc(Cl)cc1. The Morgan fingerprint density at radius 3 is 2.83 bits per heavy atom. The smallest absolute Gasteiger partial charge is 0.357 e. The van der Waals surface area contributed by atoms with Crippen LogP contribution in [0.2, 0.25) is 5.02 Å². The number of H-pyrrole nitrogens is 1. The summed E-state index contributed by atoms with van der Waals surface area (Å²) in [7, 11) is 0. The third-order valence-electron chi connectivity index (χ3n) is 2.13. The van der Waals surface area contributed by atoms with Crippen LogP contribution in [0.3, 0.4) is 0 Å². The van der Waals surface area contributed by atoms with Crippen molar-refractivity contribution in [3.05, 3.63) is 41.2 Å². The zero-order valence-electron chi connectivity index (χ0n) is 9.64. The monoisotopic (exact) mass is 282 g/mol. The molecule has 0 unspecified atom stereocenters. The Labute approximate surface area is 114 Å². The van der Waals surface area contributed by atoms with E-state index in [1.54, 1.807) is 25.3 Å². The molecule has 0 bridgehead atoms. The number of halogens is 1. The first-order chi connectivity index (χ1) is 8.70. The van der Waals surface area contributed by atoms with Gasteiger partial charge in [-0.2, -0.15) is 5.10 Å². The number of nitrogens with one attached hydrogen (secondary N) is 1. The lowest BCUT2D eigenvalue weighted by Gasteiger charge is -2.03. The van der Waals surface area contributed by atoms with E-state index in [-0.39, 0.29) is 0 Å². The highest BCUT2D eigenvalue weighted by atomic mass is 35.5. The number of aromatic nitrogens is 2. The van der Waals surface area contributed by atoms with Gasteiger partial charge in [-0.25, -0.2) is 4.79 Å². The molecule has 0 aliphatic heterocycles. The molecule has 1 aromatic carbocycles. The van der Waals surface area contributed by atoms with E-state index in [0.717, 1.165) is 9.79 Å². The molecule has 1 aromatic heterocycles. The molecule has 0 amide bonds. The number of hydrogen-bond acceptors (Lipinski definition) is 4.